The van der Waals surface area contributed by atoms with E-state index in [0.717, 1.165) is 45.8 Å². The molecule has 11 nitrogen and oxygen atoms in total. The van der Waals surface area contributed by atoms with Gasteiger partial charge in [0.25, 0.3) is 0 Å². The number of hydrogen-bond donors (Lipinski definition) is 4. The summed E-state index contributed by atoms with van der Waals surface area (Å²) in [6.45, 7) is 1.91. The second kappa shape index (κ2) is 11.3. The van der Waals surface area contributed by atoms with Crippen LogP contribution in [-0.4, -0.2) is 50.7 Å². The van der Waals surface area contributed by atoms with Crippen LogP contribution in [-0.2, 0) is 21.4 Å². The molecule has 5 aromatic heterocycles. The Balaban J connectivity index is 1.37. The molecule has 0 spiro atoms. The van der Waals surface area contributed by atoms with Crippen molar-refractivity contribution in [1.82, 2.24) is 34.9 Å². The molecule has 0 saturated carbocycles. The monoisotopic (exact) mass is 598 g/mol. The number of nitrogens with zero attached hydrogens (tertiary/aromatic N) is 4. The number of rotatable bonds is 9. The van der Waals surface area contributed by atoms with Crippen molar-refractivity contribution in [2.75, 3.05) is 11.6 Å². The smallest absolute Gasteiger partial charge is 0.224 e. The van der Waals surface area contributed by atoms with Crippen molar-refractivity contribution in [1.29, 1.82) is 0 Å². The van der Waals surface area contributed by atoms with E-state index in [0.29, 0.717) is 40.1 Å². The number of anilines is 1. The Bertz CT molecular complexity index is 2110. The molecule has 6 rings (SSSR count). The van der Waals surface area contributed by atoms with Crippen LogP contribution >= 0.6 is 0 Å². The average Bonchev–Trinajstić information content (AvgIpc) is 3.59. The zero-order valence-electron chi connectivity index (χ0n) is 23.3. The molecule has 0 atom stereocenters. The van der Waals surface area contributed by atoms with Crippen molar-refractivity contribution in [2.24, 2.45) is 0 Å². The third-order valence-corrected chi connectivity index (χ3v) is 7.53. The maximum atomic E-state index is 14.6. The van der Waals surface area contributed by atoms with Crippen LogP contribution in [0.25, 0.3) is 55.6 Å². The highest BCUT2D eigenvalue weighted by molar-refractivity contribution is 7.88. The highest BCUT2D eigenvalue weighted by atomic mass is 32.2. The van der Waals surface area contributed by atoms with Crippen molar-refractivity contribution in [3.63, 3.8) is 0 Å². The number of nitrogens with one attached hydrogen (secondary N) is 4. The molecule has 0 aliphatic heterocycles. The Hall–Kier alpha value is -5.01. The van der Waals surface area contributed by atoms with E-state index >= 15 is 0 Å². The van der Waals surface area contributed by atoms with E-state index in [-0.39, 0.29) is 12.5 Å². The van der Waals surface area contributed by atoms with Gasteiger partial charge in [-0.05, 0) is 53.9 Å². The summed E-state index contributed by atoms with van der Waals surface area (Å²) in [5, 5.41) is 11.9. The number of hydrogen-bond acceptors (Lipinski definition) is 7. The summed E-state index contributed by atoms with van der Waals surface area (Å²) >= 11 is 0. The van der Waals surface area contributed by atoms with Crippen molar-refractivity contribution < 1.29 is 17.6 Å². The highest BCUT2D eigenvalue weighted by Gasteiger charge is 2.16. The van der Waals surface area contributed by atoms with E-state index in [4.69, 9.17) is 0 Å². The van der Waals surface area contributed by atoms with Gasteiger partial charge in [-0.15, -0.1) is 0 Å². The minimum absolute atomic E-state index is 0.0373. The van der Waals surface area contributed by atoms with Gasteiger partial charge >= 0.3 is 0 Å². The summed E-state index contributed by atoms with van der Waals surface area (Å²) in [6, 6.07) is 10.2. The Morgan fingerprint density at radius 2 is 1.74 bits per heavy atom. The molecule has 0 unspecified atom stereocenters. The van der Waals surface area contributed by atoms with E-state index in [1.54, 1.807) is 37.1 Å². The van der Waals surface area contributed by atoms with Crippen LogP contribution < -0.4 is 10.0 Å². The van der Waals surface area contributed by atoms with Gasteiger partial charge in [0.2, 0.25) is 15.9 Å². The Morgan fingerprint density at radius 3 is 2.56 bits per heavy atom. The van der Waals surface area contributed by atoms with Crippen LogP contribution in [0, 0.1) is 5.82 Å². The minimum Gasteiger partial charge on any atom is -0.352 e. The third kappa shape index (κ3) is 6.12. The third-order valence-electron chi connectivity index (χ3n) is 6.86. The Labute approximate surface area is 246 Å². The van der Waals surface area contributed by atoms with Gasteiger partial charge in [0.15, 0.2) is 5.65 Å². The topological polar surface area (TPSA) is 158 Å². The molecule has 0 bridgehead atoms. The SMILES string of the molecule is CCCC(=O)Nc1cncc(-c2cnc3n[nH]c(-c4cc5c(-c6cc(F)cc(CNS(C)(=O)=O)c6)cncc5[nH]4)c3c2)c1. The fourth-order valence-corrected chi connectivity index (χ4v) is 5.35. The number of aromatic nitrogens is 6. The molecular formula is C30H27FN8O3S. The number of benzene rings is 1. The molecule has 43 heavy (non-hydrogen) atoms. The van der Waals surface area contributed by atoms with Gasteiger partial charge in [-0.2, -0.15) is 5.10 Å². The second-order valence-corrected chi connectivity index (χ2v) is 12.1. The minimum atomic E-state index is -3.44. The lowest BCUT2D eigenvalue weighted by molar-refractivity contribution is -0.116. The number of fused-ring (bicyclic) bond motifs is 2. The first kappa shape index (κ1) is 28.1. The first-order valence-electron chi connectivity index (χ1n) is 13.5. The molecule has 6 aromatic rings. The van der Waals surface area contributed by atoms with E-state index in [2.05, 4.69) is 40.2 Å². The molecule has 5 heterocycles. The predicted molar refractivity (Wildman–Crippen MR) is 163 cm³/mol. The molecule has 4 N–H and O–H groups in total. The van der Waals surface area contributed by atoms with Crippen molar-refractivity contribution in [3.8, 4) is 33.6 Å². The van der Waals surface area contributed by atoms with Crippen LogP contribution in [0.1, 0.15) is 25.3 Å². The Morgan fingerprint density at radius 1 is 0.930 bits per heavy atom. The highest BCUT2D eigenvalue weighted by Crippen LogP contribution is 2.35. The van der Waals surface area contributed by atoms with E-state index in [9.17, 15) is 17.6 Å². The van der Waals surface area contributed by atoms with Gasteiger partial charge in [-0.1, -0.05) is 6.92 Å². The van der Waals surface area contributed by atoms with Gasteiger partial charge < -0.3 is 10.3 Å². The van der Waals surface area contributed by atoms with Gasteiger partial charge in [0, 0.05) is 59.0 Å². The number of aromatic amines is 2. The number of pyridine rings is 3. The predicted octanol–water partition coefficient (Wildman–Crippen LogP) is 5.16. The molecule has 0 aliphatic carbocycles. The van der Waals surface area contributed by atoms with Gasteiger partial charge in [0.1, 0.15) is 5.82 Å². The zero-order valence-corrected chi connectivity index (χ0v) is 24.1. The lowest BCUT2D eigenvalue weighted by Crippen LogP contribution is -2.21. The standard InChI is InChI=1S/C30H27FN8O3S/c1-3-4-28(40)36-22-8-19(12-32-14-22)20-9-24-29(38-39-30(24)34-13-20)26-10-23-25(15-33-16-27(23)37-26)18-5-17(6-21(31)7-18)11-35-43(2,41)42/h5-10,12-16,35,37H,3-4,11H2,1-2H3,(H,36,40)(H,34,38,39). The van der Waals surface area contributed by atoms with E-state index in [1.807, 2.05) is 25.1 Å². The summed E-state index contributed by atoms with van der Waals surface area (Å²) in [5.74, 6) is -0.558. The van der Waals surface area contributed by atoms with Crippen molar-refractivity contribution in [3.05, 3.63) is 78.8 Å². The number of amides is 1. The largest absolute Gasteiger partial charge is 0.352 e. The summed E-state index contributed by atoms with van der Waals surface area (Å²) < 4.78 is 40.1. The number of sulfonamides is 1. The Kier molecular flexibility index (Phi) is 7.42. The maximum Gasteiger partial charge on any atom is 0.224 e. The molecule has 13 heteroatoms. The fourth-order valence-electron chi connectivity index (χ4n) is 4.92. The van der Waals surface area contributed by atoms with Crippen LogP contribution in [0.2, 0.25) is 0 Å². The quantitative estimate of drug-likeness (QED) is 0.179. The number of halogens is 1. The molecule has 1 aromatic carbocycles. The van der Waals surface area contributed by atoms with Gasteiger partial charge in [0.05, 0.1) is 41.2 Å². The van der Waals surface area contributed by atoms with E-state index < -0.39 is 15.8 Å². The fraction of sp³-hybridized carbons (Fsp3) is 0.167. The summed E-state index contributed by atoms with van der Waals surface area (Å²) in [5.41, 5.74) is 6.56. The molecule has 218 valence electrons. The summed E-state index contributed by atoms with van der Waals surface area (Å²) in [6.07, 6.45) is 10.6. The molecule has 0 aliphatic rings. The van der Waals surface area contributed by atoms with Gasteiger partial charge in [-0.25, -0.2) is 22.5 Å². The number of H-pyrrole nitrogens is 2. The molecule has 0 saturated heterocycles. The summed E-state index contributed by atoms with van der Waals surface area (Å²) in [7, 11) is -3.44. The lowest BCUT2D eigenvalue weighted by atomic mass is 10.0. The van der Waals surface area contributed by atoms with Crippen LogP contribution in [0.5, 0.6) is 0 Å². The second-order valence-electron chi connectivity index (χ2n) is 10.2. The molecule has 0 fully saturated rings. The first-order valence-corrected chi connectivity index (χ1v) is 15.4. The van der Waals surface area contributed by atoms with Crippen LogP contribution in [0.15, 0.2) is 67.4 Å². The zero-order chi connectivity index (χ0) is 30.1. The summed E-state index contributed by atoms with van der Waals surface area (Å²) in [4.78, 5) is 28.6. The van der Waals surface area contributed by atoms with E-state index in [1.165, 1.54) is 12.1 Å². The normalized spacial score (nSPS) is 11.8. The molecular weight excluding hydrogens is 571 g/mol. The van der Waals surface area contributed by atoms with Crippen molar-refractivity contribution >= 4 is 43.6 Å². The van der Waals surface area contributed by atoms with Crippen molar-refractivity contribution in [2.45, 2.75) is 26.3 Å². The first-order chi connectivity index (χ1) is 20.7. The molecule has 0 radical (unpaired) electrons. The average molecular weight is 599 g/mol. The lowest BCUT2D eigenvalue weighted by Gasteiger charge is -2.08. The maximum absolute atomic E-state index is 14.6. The number of carbonyl (C=O) groups excluding carboxylic acids is 1. The van der Waals surface area contributed by atoms with Gasteiger partial charge in [-0.3, -0.25) is 19.9 Å². The van der Waals surface area contributed by atoms with Crippen LogP contribution in [0.3, 0.4) is 0 Å². The van der Waals surface area contributed by atoms with Crippen LogP contribution in [0.4, 0.5) is 10.1 Å². The molecule has 1 amide bonds. The number of carbonyl (C=O) groups is 1.